The first-order valence-corrected chi connectivity index (χ1v) is 11.9. The molecule has 32 heavy (non-hydrogen) atoms. The number of carbonyl (C=O) groups is 1. The highest BCUT2D eigenvalue weighted by Gasteiger charge is 2.16. The zero-order chi connectivity index (χ0) is 22.9. The van der Waals surface area contributed by atoms with Gasteiger partial charge < -0.3 is 9.73 Å². The van der Waals surface area contributed by atoms with E-state index in [4.69, 9.17) is 4.42 Å². The highest BCUT2D eigenvalue weighted by atomic mass is 79.9. The molecule has 2 N–H and O–H groups in total. The number of halogens is 1. The Bertz CT molecular complexity index is 1400. The van der Waals surface area contributed by atoms with E-state index >= 15 is 0 Å². The Kier molecular flexibility index (Phi) is 5.98. The SMILES string of the molecule is Cc1cc(NS(=O)(=O)c2ccc(NC(=O)Cc3coc4ccc(Br)cc34)cc2)nc(C)n1. The van der Waals surface area contributed by atoms with Crippen LogP contribution in [-0.2, 0) is 21.2 Å². The number of nitrogens with one attached hydrogen (secondary N) is 2. The summed E-state index contributed by atoms with van der Waals surface area (Å²) in [5, 5.41) is 3.63. The molecule has 2 aromatic heterocycles. The Hall–Kier alpha value is -3.24. The van der Waals surface area contributed by atoms with E-state index < -0.39 is 10.0 Å². The van der Waals surface area contributed by atoms with E-state index in [1.165, 1.54) is 24.3 Å². The molecule has 0 saturated carbocycles. The summed E-state index contributed by atoms with van der Waals surface area (Å²) in [7, 11) is -3.83. The largest absolute Gasteiger partial charge is 0.464 e. The first-order valence-electron chi connectivity index (χ1n) is 9.60. The molecule has 0 radical (unpaired) electrons. The Morgan fingerprint density at radius 1 is 1.06 bits per heavy atom. The molecule has 164 valence electrons. The molecule has 0 spiro atoms. The van der Waals surface area contributed by atoms with Gasteiger partial charge in [0.15, 0.2) is 0 Å². The van der Waals surface area contributed by atoms with Gasteiger partial charge in [0, 0.05) is 32.9 Å². The monoisotopic (exact) mass is 514 g/mol. The third kappa shape index (κ3) is 4.97. The second-order valence-electron chi connectivity index (χ2n) is 7.20. The van der Waals surface area contributed by atoms with Crippen LogP contribution in [0.2, 0.25) is 0 Å². The number of aromatic nitrogens is 2. The van der Waals surface area contributed by atoms with E-state index in [9.17, 15) is 13.2 Å². The van der Waals surface area contributed by atoms with Crippen LogP contribution in [0.3, 0.4) is 0 Å². The minimum Gasteiger partial charge on any atom is -0.464 e. The zero-order valence-electron chi connectivity index (χ0n) is 17.2. The summed E-state index contributed by atoms with van der Waals surface area (Å²) in [6.07, 6.45) is 1.69. The van der Waals surface area contributed by atoms with Crippen molar-refractivity contribution in [2.75, 3.05) is 10.0 Å². The van der Waals surface area contributed by atoms with Gasteiger partial charge in [-0.1, -0.05) is 15.9 Å². The summed E-state index contributed by atoms with van der Waals surface area (Å²) in [5.41, 5.74) is 2.60. The van der Waals surface area contributed by atoms with Gasteiger partial charge in [-0.05, 0) is 56.3 Å². The fraction of sp³-hybridized carbons (Fsp3) is 0.136. The molecular formula is C22H19BrN4O4S. The van der Waals surface area contributed by atoms with E-state index in [2.05, 4.69) is 35.9 Å². The lowest BCUT2D eigenvalue weighted by Crippen LogP contribution is -2.16. The normalized spacial score (nSPS) is 11.5. The fourth-order valence-electron chi connectivity index (χ4n) is 3.25. The van der Waals surface area contributed by atoms with Crippen LogP contribution in [0, 0.1) is 13.8 Å². The van der Waals surface area contributed by atoms with Gasteiger partial charge in [-0.15, -0.1) is 0 Å². The van der Waals surface area contributed by atoms with Gasteiger partial charge >= 0.3 is 0 Å². The summed E-state index contributed by atoms with van der Waals surface area (Å²) in [6.45, 7) is 3.45. The first-order chi connectivity index (χ1) is 15.2. The van der Waals surface area contributed by atoms with Crippen molar-refractivity contribution in [3.8, 4) is 0 Å². The summed E-state index contributed by atoms with van der Waals surface area (Å²) >= 11 is 3.42. The Labute approximate surface area is 193 Å². The number of fused-ring (bicyclic) bond motifs is 1. The molecule has 0 bridgehead atoms. The lowest BCUT2D eigenvalue weighted by atomic mass is 10.1. The standard InChI is InChI=1S/C22H19BrN4O4S/c1-13-9-21(25-14(2)24-13)27-32(29,30)18-6-4-17(5-7-18)26-22(28)10-15-12-31-20-8-3-16(23)11-19(15)20/h3-9,11-12H,10H2,1-2H3,(H,26,28)(H,24,25,27). The molecule has 8 nitrogen and oxygen atoms in total. The van der Waals surface area contributed by atoms with Gasteiger partial charge in [0.25, 0.3) is 10.0 Å². The zero-order valence-corrected chi connectivity index (χ0v) is 19.6. The van der Waals surface area contributed by atoms with Gasteiger partial charge in [-0.2, -0.15) is 0 Å². The second kappa shape index (κ2) is 8.71. The number of hydrogen-bond acceptors (Lipinski definition) is 6. The number of nitrogens with zero attached hydrogens (tertiary/aromatic N) is 2. The molecule has 0 aliphatic heterocycles. The third-order valence-electron chi connectivity index (χ3n) is 4.62. The Morgan fingerprint density at radius 3 is 2.53 bits per heavy atom. The maximum Gasteiger partial charge on any atom is 0.263 e. The Morgan fingerprint density at radius 2 is 1.81 bits per heavy atom. The van der Waals surface area contributed by atoms with Crippen LogP contribution >= 0.6 is 15.9 Å². The molecule has 0 aliphatic carbocycles. The van der Waals surface area contributed by atoms with Gasteiger partial charge in [0.05, 0.1) is 17.6 Å². The van der Waals surface area contributed by atoms with E-state index in [-0.39, 0.29) is 23.0 Å². The van der Waals surface area contributed by atoms with Gasteiger partial charge in [-0.3, -0.25) is 9.52 Å². The van der Waals surface area contributed by atoms with Crippen LogP contribution in [0.25, 0.3) is 11.0 Å². The molecule has 0 fully saturated rings. The van der Waals surface area contributed by atoms with Crippen molar-refractivity contribution in [1.82, 2.24) is 9.97 Å². The molecule has 0 unspecified atom stereocenters. The van der Waals surface area contributed by atoms with Crippen LogP contribution in [0.1, 0.15) is 17.1 Å². The average molecular weight is 515 g/mol. The number of aryl methyl sites for hydroxylation is 2. The molecule has 0 atom stereocenters. The van der Waals surface area contributed by atoms with Crippen molar-refractivity contribution in [3.05, 3.63) is 76.3 Å². The number of hydrogen-bond donors (Lipinski definition) is 2. The third-order valence-corrected chi connectivity index (χ3v) is 6.48. The van der Waals surface area contributed by atoms with Crippen LogP contribution in [0.5, 0.6) is 0 Å². The molecular weight excluding hydrogens is 496 g/mol. The maximum atomic E-state index is 12.6. The summed E-state index contributed by atoms with van der Waals surface area (Å²) in [5.74, 6) is 0.429. The fourth-order valence-corrected chi connectivity index (χ4v) is 4.61. The number of rotatable bonds is 6. The van der Waals surface area contributed by atoms with Crippen molar-refractivity contribution in [2.45, 2.75) is 25.2 Å². The highest BCUT2D eigenvalue weighted by molar-refractivity contribution is 9.10. The van der Waals surface area contributed by atoms with Crippen molar-refractivity contribution in [2.24, 2.45) is 0 Å². The minimum absolute atomic E-state index is 0.0510. The van der Waals surface area contributed by atoms with Crippen molar-refractivity contribution >= 4 is 54.3 Å². The van der Waals surface area contributed by atoms with E-state index in [0.29, 0.717) is 22.8 Å². The Balaban J connectivity index is 1.44. The molecule has 0 saturated heterocycles. The molecule has 2 aromatic carbocycles. The van der Waals surface area contributed by atoms with Crippen LogP contribution in [-0.4, -0.2) is 24.3 Å². The predicted molar refractivity (Wildman–Crippen MR) is 125 cm³/mol. The first kappa shape index (κ1) is 22.0. The number of sulfonamides is 1. The summed E-state index contributed by atoms with van der Waals surface area (Å²) < 4.78 is 34.1. The topological polar surface area (TPSA) is 114 Å². The van der Waals surface area contributed by atoms with Gasteiger partial charge in [-0.25, -0.2) is 18.4 Å². The number of amides is 1. The average Bonchev–Trinajstić information content (AvgIpc) is 3.09. The van der Waals surface area contributed by atoms with E-state index in [1.807, 2.05) is 18.2 Å². The minimum atomic E-state index is -3.83. The number of anilines is 2. The van der Waals surface area contributed by atoms with Crippen LogP contribution in [0.4, 0.5) is 11.5 Å². The lowest BCUT2D eigenvalue weighted by Gasteiger charge is -2.10. The summed E-state index contributed by atoms with van der Waals surface area (Å²) in [4.78, 5) is 20.8. The highest BCUT2D eigenvalue weighted by Crippen LogP contribution is 2.25. The van der Waals surface area contributed by atoms with Crippen molar-refractivity contribution in [1.29, 1.82) is 0 Å². The molecule has 4 aromatic rings. The lowest BCUT2D eigenvalue weighted by molar-refractivity contribution is -0.115. The number of furan rings is 1. The van der Waals surface area contributed by atoms with Crippen LogP contribution < -0.4 is 10.0 Å². The predicted octanol–water partition coefficient (Wildman–Crippen LogP) is 4.58. The van der Waals surface area contributed by atoms with Crippen molar-refractivity contribution in [3.63, 3.8) is 0 Å². The number of benzene rings is 2. The summed E-state index contributed by atoms with van der Waals surface area (Å²) in [6, 6.07) is 13.1. The maximum absolute atomic E-state index is 12.6. The quantitative estimate of drug-likeness (QED) is 0.389. The van der Waals surface area contributed by atoms with Crippen molar-refractivity contribution < 1.29 is 17.6 Å². The van der Waals surface area contributed by atoms with Gasteiger partial charge in [0.1, 0.15) is 17.2 Å². The smallest absolute Gasteiger partial charge is 0.263 e. The van der Waals surface area contributed by atoms with E-state index in [1.54, 1.807) is 26.2 Å². The van der Waals surface area contributed by atoms with E-state index in [0.717, 1.165) is 15.4 Å². The molecule has 0 aliphatic rings. The van der Waals surface area contributed by atoms with Crippen LogP contribution in [0.15, 0.2) is 68.6 Å². The number of carbonyl (C=O) groups excluding carboxylic acids is 1. The molecule has 10 heteroatoms. The van der Waals surface area contributed by atoms with Gasteiger partial charge in [0.2, 0.25) is 5.91 Å². The molecule has 4 rings (SSSR count). The molecule has 1 amide bonds. The second-order valence-corrected chi connectivity index (χ2v) is 9.80. The molecule has 2 heterocycles.